The van der Waals surface area contributed by atoms with Gasteiger partial charge < -0.3 is 10.0 Å². The van der Waals surface area contributed by atoms with Crippen LogP contribution < -0.4 is 4.90 Å². The molecule has 0 saturated carbocycles. The van der Waals surface area contributed by atoms with E-state index in [1.807, 2.05) is 18.7 Å². The highest BCUT2D eigenvalue weighted by atomic mass is 16.3. The number of nitriles is 1. The number of hydrogen-bond acceptors (Lipinski definition) is 5. The van der Waals surface area contributed by atoms with Crippen molar-refractivity contribution in [1.29, 1.82) is 5.26 Å². The lowest BCUT2D eigenvalue weighted by Gasteiger charge is -2.19. The minimum atomic E-state index is -0.325. The molecule has 1 N–H and O–H groups in total. The number of aromatic nitrogens is 2. The van der Waals surface area contributed by atoms with Crippen LogP contribution in [0.2, 0.25) is 0 Å². The summed E-state index contributed by atoms with van der Waals surface area (Å²) >= 11 is 0. The van der Waals surface area contributed by atoms with Gasteiger partial charge in [-0.1, -0.05) is 13.8 Å². The van der Waals surface area contributed by atoms with Gasteiger partial charge in [0.1, 0.15) is 11.6 Å². The Morgan fingerprint density at radius 1 is 1.39 bits per heavy atom. The van der Waals surface area contributed by atoms with Crippen LogP contribution >= 0.6 is 0 Å². The second-order valence-corrected chi connectivity index (χ2v) is 4.53. The fourth-order valence-corrected chi connectivity index (χ4v) is 2.44. The lowest BCUT2D eigenvalue weighted by Crippen LogP contribution is -2.24. The molecule has 1 aliphatic rings. The predicted molar refractivity (Wildman–Crippen MR) is 68.3 cm³/mol. The van der Waals surface area contributed by atoms with Crippen LogP contribution in [0.5, 0.6) is 0 Å². The van der Waals surface area contributed by atoms with Crippen LogP contribution in [0.15, 0.2) is 0 Å². The van der Waals surface area contributed by atoms with Crippen LogP contribution in [0.1, 0.15) is 37.1 Å². The molecule has 1 aromatic rings. The molecule has 0 aliphatic carbocycles. The fraction of sp³-hybridized carbons (Fsp3) is 0.615. The van der Waals surface area contributed by atoms with Gasteiger partial charge in [-0.25, -0.2) is 0 Å². The van der Waals surface area contributed by atoms with Gasteiger partial charge in [0.2, 0.25) is 0 Å². The van der Waals surface area contributed by atoms with Crippen molar-refractivity contribution in [2.75, 3.05) is 18.0 Å². The van der Waals surface area contributed by atoms with Crippen LogP contribution in [0.3, 0.4) is 0 Å². The Hall–Kier alpha value is -1.67. The average molecular weight is 246 g/mol. The summed E-state index contributed by atoms with van der Waals surface area (Å²) in [6.45, 7) is 5.32. The van der Waals surface area contributed by atoms with Crippen LogP contribution in [0, 0.1) is 11.3 Å². The van der Waals surface area contributed by atoms with E-state index in [0.717, 1.165) is 37.1 Å². The third-order valence-corrected chi connectivity index (χ3v) is 3.40. The Bertz CT molecular complexity index is 481. The molecule has 0 spiro atoms. The highest BCUT2D eigenvalue weighted by Gasteiger charge is 2.25. The monoisotopic (exact) mass is 246 g/mol. The molecule has 96 valence electrons. The van der Waals surface area contributed by atoms with Crippen LogP contribution in [0.4, 0.5) is 5.82 Å². The third kappa shape index (κ3) is 2.16. The van der Waals surface area contributed by atoms with Crippen LogP contribution in [-0.2, 0) is 12.8 Å². The van der Waals surface area contributed by atoms with Crippen molar-refractivity contribution >= 4 is 5.82 Å². The molecule has 1 aliphatic heterocycles. The average Bonchev–Trinajstić information content (AvgIpc) is 2.83. The van der Waals surface area contributed by atoms with Gasteiger partial charge in [0, 0.05) is 13.1 Å². The number of anilines is 1. The molecule has 2 rings (SSSR count). The largest absolute Gasteiger partial charge is 0.391 e. The molecule has 5 nitrogen and oxygen atoms in total. The Kier molecular flexibility index (Phi) is 3.78. The summed E-state index contributed by atoms with van der Waals surface area (Å²) in [5.41, 5.74) is 2.52. The maximum atomic E-state index is 9.58. The SMILES string of the molecule is CCc1nnc(N2CCC(O)C2)c(C#N)c1CC. The van der Waals surface area contributed by atoms with E-state index in [0.29, 0.717) is 17.9 Å². The van der Waals surface area contributed by atoms with Crippen molar-refractivity contribution in [3.63, 3.8) is 0 Å². The number of β-amino-alcohol motifs (C(OH)–C–C–N with tert-alkyl or cyclic N) is 1. The molecule has 0 aromatic carbocycles. The van der Waals surface area contributed by atoms with Gasteiger partial charge >= 0.3 is 0 Å². The van der Waals surface area contributed by atoms with E-state index in [-0.39, 0.29) is 6.10 Å². The summed E-state index contributed by atoms with van der Waals surface area (Å²) in [6, 6.07) is 2.26. The Balaban J connectivity index is 2.45. The topological polar surface area (TPSA) is 73.0 Å². The van der Waals surface area contributed by atoms with E-state index in [4.69, 9.17) is 0 Å². The van der Waals surface area contributed by atoms with Gasteiger partial charge in [-0.2, -0.15) is 10.4 Å². The minimum Gasteiger partial charge on any atom is -0.391 e. The van der Waals surface area contributed by atoms with Crippen molar-refractivity contribution < 1.29 is 5.11 Å². The van der Waals surface area contributed by atoms with Crippen molar-refractivity contribution in [2.24, 2.45) is 0 Å². The van der Waals surface area contributed by atoms with E-state index >= 15 is 0 Å². The number of aryl methyl sites for hydroxylation is 1. The van der Waals surface area contributed by atoms with Crippen molar-refractivity contribution in [3.8, 4) is 6.07 Å². The second-order valence-electron chi connectivity index (χ2n) is 4.53. The molecule has 1 fully saturated rings. The van der Waals surface area contributed by atoms with E-state index < -0.39 is 0 Å². The van der Waals surface area contributed by atoms with Crippen LogP contribution in [-0.4, -0.2) is 34.5 Å². The van der Waals surface area contributed by atoms with E-state index in [2.05, 4.69) is 16.3 Å². The zero-order chi connectivity index (χ0) is 13.1. The van der Waals surface area contributed by atoms with Crippen molar-refractivity contribution in [1.82, 2.24) is 10.2 Å². The minimum absolute atomic E-state index is 0.325. The molecule has 1 saturated heterocycles. The van der Waals surface area contributed by atoms with E-state index in [1.165, 1.54) is 0 Å². The number of aliphatic hydroxyl groups is 1. The molecule has 1 atom stereocenters. The van der Waals surface area contributed by atoms with E-state index in [1.54, 1.807) is 0 Å². The summed E-state index contributed by atoms with van der Waals surface area (Å²) in [4.78, 5) is 1.95. The third-order valence-electron chi connectivity index (χ3n) is 3.40. The highest BCUT2D eigenvalue weighted by molar-refractivity contribution is 5.58. The lowest BCUT2D eigenvalue weighted by molar-refractivity contribution is 0.198. The van der Waals surface area contributed by atoms with Gasteiger partial charge in [-0.3, -0.25) is 0 Å². The molecule has 18 heavy (non-hydrogen) atoms. The normalized spacial score (nSPS) is 19.0. The number of aliphatic hydroxyl groups excluding tert-OH is 1. The number of hydrogen-bond donors (Lipinski definition) is 1. The molecule has 0 bridgehead atoms. The molecular formula is C13H18N4O. The molecule has 0 radical (unpaired) electrons. The standard InChI is InChI=1S/C13H18N4O/c1-3-10-11(7-14)13(16-15-12(10)4-2)17-6-5-9(18)8-17/h9,18H,3-6,8H2,1-2H3. The maximum absolute atomic E-state index is 9.58. The molecule has 1 aromatic heterocycles. The zero-order valence-corrected chi connectivity index (χ0v) is 10.8. The summed E-state index contributed by atoms with van der Waals surface area (Å²) in [5.74, 6) is 0.628. The van der Waals surface area contributed by atoms with Gasteiger partial charge in [0.05, 0.1) is 11.8 Å². The van der Waals surface area contributed by atoms with Crippen molar-refractivity contribution in [3.05, 3.63) is 16.8 Å². The second kappa shape index (κ2) is 5.32. The highest BCUT2D eigenvalue weighted by Crippen LogP contribution is 2.26. The molecule has 1 unspecified atom stereocenters. The summed E-state index contributed by atoms with van der Waals surface area (Å²) in [7, 11) is 0. The maximum Gasteiger partial charge on any atom is 0.169 e. The quantitative estimate of drug-likeness (QED) is 0.862. The van der Waals surface area contributed by atoms with Gasteiger partial charge in [-0.05, 0) is 24.8 Å². The smallest absolute Gasteiger partial charge is 0.169 e. The lowest BCUT2D eigenvalue weighted by atomic mass is 10.0. The van der Waals surface area contributed by atoms with Gasteiger partial charge in [-0.15, -0.1) is 5.10 Å². The predicted octanol–water partition coefficient (Wildman–Crippen LogP) is 1.04. The first-order valence-corrected chi connectivity index (χ1v) is 6.42. The number of rotatable bonds is 3. The fourth-order valence-electron chi connectivity index (χ4n) is 2.44. The van der Waals surface area contributed by atoms with E-state index in [9.17, 15) is 10.4 Å². The molecule has 0 amide bonds. The molecular weight excluding hydrogens is 228 g/mol. The van der Waals surface area contributed by atoms with Gasteiger partial charge in [0.25, 0.3) is 0 Å². The molecule has 5 heteroatoms. The number of nitrogens with zero attached hydrogens (tertiary/aromatic N) is 4. The van der Waals surface area contributed by atoms with Crippen LogP contribution in [0.25, 0.3) is 0 Å². The molecule has 2 heterocycles. The Morgan fingerprint density at radius 3 is 2.67 bits per heavy atom. The summed E-state index contributed by atoms with van der Waals surface area (Å²) in [6.07, 6.45) is 1.97. The first-order chi connectivity index (χ1) is 8.71. The zero-order valence-electron chi connectivity index (χ0n) is 10.8. The Labute approximate surface area is 107 Å². The first-order valence-electron chi connectivity index (χ1n) is 6.42. The summed E-state index contributed by atoms with van der Waals surface area (Å²) < 4.78 is 0. The Morgan fingerprint density at radius 2 is 2.17 bits per heavy atom. The van der Waals surface area contributed by atoms with Crippen molar-refractivity contribution in [2.45, 2.75) is 39.2 Å². The summed E-state index contributed by atoms with van der Waals surface area (Å²) in [5, 5.41) is 27.4. The first kappa shape index (κ1) is 12.8. The van der Waals surface area contributed by atoms with Gasteiger partial charge in [0.15, 0.2) is 5.82 Å².